The summed E-state index contributed by atoms with van der Waals surface area (Å²) in [6.07, 6.45) is 2.53. The zero-order valence-electron chi connectivity index (χ0n) is 11.7. The fraction of sp³-hybridized carbons (Fsp3) is 1.00. The molecule has 0 radical (unpaired) electrons. The van der Waals surface area contributed by atoms with Crippen molar-refractivity contribution in [2.75, 3.05) is 39.5 Å². The smallest absolute Gasteiger partial charge is 0.214 e. The van der Waals surface area contributed by atoms with Crippen LogP contribution in [0.4, 0.5) is 0 Å². The molecule has 108 valence electrons. The third kappa shape index (κ3) is 4.50. The van der Waals surface area contributed by atoms with E-state index >= 15 is 0 Å². The van der Waals surface area contributed by atoms with Crippen LogP contribution in [0.5, 0.6) is 0 Å². The van der Waals surface area contributed by atoms with Crippen molar-refractivity contribution >= 4 is 10.0 Å². The van der Waals surface area contributed by atoms with Crippen molar-refractivity contribution in [1.82, 2.24) is 9.62 Å². The summed E-state index contributed by atoms with van der Waals surface area (Å²) in [4.78, 5) is 0. The molecule has 1 N–H and O–H groups in total. The molecule has 0 saturated carbocycles. The first-order valence-electron chi connectivity index (χ1n) is 6.66. The largest absolute Gasteiger partial charge is 0.380 e. The van der Waals surface area contributed by atoms with Crippen LogP contribution in [0.2, 0.25) is 0 Å². The van der Waals surface area contributed by atoms with Crippen LogP contribution >= 0.6 is 0 Å². The lowest BCUT2D eigenvalue weighted by Gasteiger charge is -2.35. The highest BCUT2D eigenvalue weighted by Crippen LogP contribution is 2.22. The molecule has 1 saturated heterocycles. The molecule has 1 fully saturated rings. The summed E-state index contributed by atoms with van der Waals surface area (Å²) < 4.78 is 31.3. The van der Waals surface area contributed by atoms with E-state index in [-0.39, 0.29) is 11.9 Å². The predicted molar refractivity (Wildman–Crippen MR) is 73.1 cm³/mol. The SMILES string of the molecule is CNCCCCS(=O)(=O)N1CCC(C)C(OC)C1. The van der Waals surface area contributed by atoms with E-state index in [9.17, 15) is 8.42 Å². The fourth-order valence-corrected chi connectivity index (χ4v) is 3.87. The summed E-state index contributed by atoms with van der Waals surface area (Å²) in [5.41, 5.74) is 0. The van der Waals surface area contributed by atoms with Gasteiger partial charge in [-0.15, -0.1) is 0 Å². The van der Waals surface area contributed by atoms with Crippen LogP contribution in [0.15, 0.2) is 0 Å². The molecule has 0 aliphatic carbocycles. The number of hydrogen-bond acceptors (Lipinski definition) is 4. The van der Waals surface area contributed by atoms with Gasteiger partial charge in [0, 0.05) is 20.2 Å². The first-order valence-corrected chi connectivity index (χ1v) is 8.27. The van der Waals surface area contributed by atoms with E-state index in [2.05, 4.69) is 12.2 Å². The quantitative estimate of drug-likeness (QED) is 0.696. The Morgan fingerprint density at radius 2 is 2.11 bits per heavy atom. The number of methoxy groups -OCH3 is 1. The summed E-state index contributed by atoms with van der Waals surface area (Å²) >= 11 is 0. The normalized spacial score (nSPS) is 26.4. The molecule has 1 heterocycles. The molecule has 0 amide bonds. The van der Waals surface area contributed by atoms with Gasteiger partial charge >= 0.3 is 0 Å². The molecule has 0 aromatic carbocycles. The Bertz CT molecular complexity index is 332. The van der Waals surface area contributed by atoms with Crippen LogP contribution in [0.3, 0.4) is 0 Å². The summed E-state index contributed by atoms with van der Waals surface area (Å²) in [5.74, 6) is 0.685. The van der Waals surface area contributed by atoms with Gasteiger partial charge in [-0.25, -0.2) is 8.42 Å². The van der Waals surface area contributed by atoms with E-state index in [1.165, 1.54) is 0 Å². The summed E-state index contributed by atoms with van der Waals surface area (Å²) in [6.45, 7) is 4.12. The lowest BCUT2D eigenvalue weighted by Crippen LogP contribution is -2.47. The van der Waals surface area contributed by atoms with Crippen molar-refractivity contribution in [3.8, 4) is 0 Å². The average Bonchev–Trinajstić information content (AvgIpc) is 2.35. The van der Waals surface area contributed by atoms with Gasteiger partial charge in [-0.1, -0.05) is 6.92 Å². The minimum absolute atomic E-state index is 0.0332. The number of nitrogens with one attached hydrogen (secondary N) is 1. The lowest BCUT2D eigenvalue weighted by molar-refractivity contribution is 0.0184. The molecular weight excluding hydrogens is 252 g/mol. The van der Waals surface area contributed by atoms with E-state index < -0.39 is 10.0 Å². The molecule has 0 spiro atoms. The Morgan fingerprint density at radius 1 is 1.39 bits per heavy atom. The highest BCUT2D eigenvalue weighted by Gasteiger charge is 2.32. The van der Waals surface area contributed by atoms with Gasteiger partial charge in [0.25, 0.3) is 0 Å². The van der Waals surface area contributed by atoms with Gasteiger partial charge < -0.3 is 10.1 Å². The zero-order valence-corrected chi connectivity index (χ0v) is 12.5. The van der Waals surface area contributed by atoms with Gasteiger partial charge in [-0.3, -0.25) is 0 Å². The summed E-state index contributed by atoms with van der Waals surface area (Å²) in [7, 11) is 0.431. The molecule has 0 aromatic rings. The predicted octanol–water partition coefficient (Wildman–Crippen LogP) is 0.673. The van der Waals surface area contributed by atoms with Gasteiger partial charge in [0.05, 0.1) is 11.9 Å². The monoisotopic (exact) mass is 278 g/mol. The van der Waals surface area contributed by atoms with Gasteiger partial charge in [-0.05, 0) is 38.8 Å². The van der Waals surface area contributed by atoms with Crippen LogP contribution in [0.25, 0.3) is 0 Å². The van der Waals surface area contributed by atoms with Crippen LogP contribution in [0, 0.1) is 5.92 Å². The van der Waals surface area contributed by atoms with Crippen molar-refractivity contribution in [2.45, 2.75) is 32.3 Å². The maximum atomic E-state index is 12.2. The van der Waals surface area contributed by atoms with Crippen molar-refractivity contribution in [3.05, 3.63) is 0 Å². The molecule has 6 heteroatoms. The number of sulfonamides is 1. The van der Waals surface area contributed by atoms with Crippen LogP contribution in [0.1, 0.15) is 26.2 Å². The van der Waals surface area contributed by atoms with Crippen molar-refractivity contribution in [1.29, 1.82) is 0 Å². The van der Waals surface area contributed by atoms with Crippen molar-refractivity contribution in [3.63, 3.8) is 0 Å². The number of ether oxygens (including phenoxy) is 1. The van der Waals surface area contributed by atoms with E-state index in [0.717, 1.165) is 19.4 Å². The lowest BCUT2D eigenvalue weighted by atomic mass is 9.97. The fourth-order valence-electron chi connectivity index (χ4n) is 2.28. The summed E-state index contributed by atoms with van der Waals surface area (Å²) in [5, 5.41) is 3.03. The van der Waals surface area contributed by atoms with Gasteiger partial charge in [0.2, 0.25) is 10.0 Å². The van der Waals surface area contributed by atoms with Gasteiger partial charge in [-0.2, -0.15) is 4.31 Å². The minimum Gasteiger partial charge on any atom is -0.380 e. The first-order chi connectivity index (χ1) is 8.51. The second-order valence-electron chi connectivity index (χ2n) is 5.02. The van der Waals surface area contributed by atoms with Crippen molar-refractivity contribution < 1.29 is 13.2 Å². The average molecular weight is 278 g/mol. The standard InChI is InChI=1S/C12H26N2O3S/c1-11-6-8-14(10-12(11)17-3)18(15,16)9-5-4-7-13-2/h11-13H,4-10H2,1-3H3. The second-order valence-corrected chi connectivity index (χ2v) is 7.11. The minimum atomic E-state index is -3.10. The van der Waals surface area contributed by atoms with Crippen LogP contribution < -0.4 is 5.32 Å². The Balaban J connectivity index is 2.47. The van der Waals surface area contributed by atoms with E-state index in [1.54, 1.807) is 11.4 Å². The number of hydrogen-bond donors (Lipinski definition) is 1. The van der Waals surface area contributed by atoms with Gasteiger partial charge in [0.1, 0.15) is 0 Å². The third-order valence-electron chi connectivity index (χ3n) is 3.63. The summed E-state index contributed by atoms with van der Waals surface area (Å²) in [6, 6.07) is 0. The van der Waals surface area contributed by atoms with Crippen molar-refractivity contribution in [2.24, 2.45) is 5.92 Å². The number of unbranched alkanes of at least 4 members (excludes halogenated alkanes) is 1. The van der Waals surface area contributed by atoms with E-state index in [0.29, 0.717) is 25.4 Å². The Labute approximate surface area is 111 Å². The molecule has 1 aliphatic rings. The molecule has 1 rings (SSSR count). The number of nitrogens with zero attached hydrogens (tertiary/aromatic N) is 1. The van der Waals surface area contributed by atoms with E-state index in [4.69, 9.17) is 4.74 Å². The van der Waals surface area contributed by atoms with Gasteiger partial charge in [0.15, 0.2) is 0 Å². The van der Waals surface area contributed by atoms with E-state index in [1.807, 2.05) is 7.05 Å². The number of rotatable bonds is 7. The molecule has 5 nitrogen and oxygen atoms in total. The topological polar surface area (TPSA) is 58.6 Å². The Kier molecular flexibility index (Phi) is 6.55. The maximum absolute atomic E-state index is 12.2. The Morgan fingerprint density at radius 3 is 2.72 bits per heavy atom. The van der Waals surface area contributed by atoms with Crippen LogP contribution in [-0.2, 0) is 14.8 Å². The molecular formula is C12H26N2O3S. The maximum Gasteiger partial charge on any atom is 0.214 e. The molecule has 0 aromatic heterocycles. The molecule has 0 bridgehead atoms. The molecule has 2 unspecified atom stereocenters. The third-order valence-corrected chi connectivity index (χ3v) is 5.55. The zero-order chi connectivity index (χ0) is 13.6. The molecule has 1 aliphatic heterocycles. The highest BCUT2D eigenvalue weighted by molar-refractivity contribution is 7.89. The second kappa shape index (κ2) is 7.43. The molecule has 18 heavy (non-hydrogen) atoms. The first kappa shape index (κ1) is 15.9. The Hall–Kier alpha value is -0.170. The highest BCUT2D eigenvalue weighted by atomic mass is 32.2. The molecule has 2 atom stereocenters. The van der Waals surface area contributed by atoms with Crippen LogP contribution in [-0.4, -0.2) is 58.4 Å². The number of piperidine rings is 1.